The predicted octanol–water partition coefficient (Wildman–Crippen LogP) is 10.9. The summed E-state index contributed by atoms with van der Waals surface area (Å²) in [4.78, 5) is 0. The molecule has 0 radical (unpaired) electrons. The number of benzene rings is 7. The molecule has 0 saturated heterocycles. The minimum atomic E-state index is -0.496. The molecule has 1 aliphatic heterocycles. The summed E-state index contributed by atoms with van der Waals surface area (Å²) in [6.45, 7) is 0. The van der Waals surface area contributed by atoms with Crippen molar-refractivity contribution in [1.82, 2.24) is 4.57 Å². The summed E-state index contributed by atoms with van der Waals surface area (Å²) in [6, 6.07) is 59.3. The maximum absolute atomic E-state index is 6.57. The Bertz CT molecular complexity index is 2400. The first-order chi connectivity index (χ1) is 22.3. The molecule has 2 aliphatic rings. The van der Waals surface area contributed by atoms with Crippen LogP contribution in [-0.2, 0) is 5.41 Å². The molecule has 2 heterocycles. The van der Waals surface area contributed by atoms with Crippen molar-refractivity contribution in [2.45, 2.75) is 5.41 Å². The van der Waals surface area contributed by atoms with Crippen LogP contribution in [0.4, 0.5) is 0 Å². The number of fused-ring (bicyclic) bond motifs is 13. The molecule has 1 aromatic heterocycles. The molecule has 0 amide bonds. The van der Waals surface area contributed by atoms with Gasteiger partial charge in [0.25, 0.3) is 0 Å². The van der Waals surface area contributed by atoms with E-state index in [9.17, 15) is 0 Å². The Morgan fingerprint density at radius 1 is 0.422 bits per heavy atom. The number of para-hydroxylation sites is 3. The molecule has 1 spiro atoms. The summed E-state index contributed by atoms with van der Waals surface area (Å²) >= 11 is 0. The van der Waals surface area contributed by atoms with Crippen LogP contribution in [0, 0.1) is 0 Å². The molecule has 0 atom stereocenters. The fraction of sp³-hybridized carbons (Fsp3) is 0.0233. The van der Waals surface area contributed by atoms with E-state index < -0.39 is 5.41 Å². The van der Waals surface area contributed by atoms with Crippen LogP contribution in [0.3, 0.4) is 0 Å². The third-order valence-electron chi connectivity index (χ3n) is 9.88. The van der Waals surface area contributed by atoms with Crippen LogP contribution in [0.25, 0.3) is 49.7 Å². The highest BCUT2D eigenvalue weighted by molar-refractivity contribution is 6.16. The Morgan fingerprint density at radius 2 is 1.02 bits per heavy atom. The Hall–Kier alpha value is -5.86. The summed E-state index contributed by atoms with van der Waals surface area (Å²) in [5.41, 5.74) is 13.1. The molecular formula is C43H27NO. The third kappa shape index (κ3) is 3.18. The van der Waals surface area contributed by atoms with Crippen LogP contribution >= 0.6 is 0 Å². The highest BCUT2D eigenvalue weighted by atomic mass is 16.5. The van der Waals surface area contributed by atoms with Gasteiger partial charge >= 0.3 is 0 Å². The Labute approximate surface area is 261 Å². The summed E-state index contributed by atoms with van der Waals surface area (Å²) in [6.07, 6.45) is 0. The fourth-order valence-corrected chi connectivity index (χ4v) is 8.09. The van der Waals surface area contributed by atoms with Gasteiger partial charge in [-0.1, -0.05) is 133 Å². The first kappa shape index (κ1) is 24.6. The van der Waals surface area contributed by atoms with Gasteiger partial charge in [-0.25, -0.2) is 0 Å². The summed E-state index contributed by atoms with van der Waals surface area (Å²) in [7, 11) is 0. The van der Waals surface area contributed by atoms with Gasteiger partial charge in [0.15, 0.2) is 0 Å². The lowest BCUT2D eigenvalue weighted by Crippen LogP contribution is -2.32. The van der Waals surface area contributed by atoms with E-state index >= 15 is 0 Å². The fourth-order valence-electron chi connectivity index (χ4n) is 8.09. The molecule has 10 rings (SSSR count). The van der Waals surface area contributed by atoms with E-state index in [2.05, 4.69) is 168 Å². The lowest BCUT2D eigenvalue weighted by atomic mass is 9.66. The lowest BCUT2D eigenvalue weighted by Gasteiger charge is -2.39. The quantitative estimate of drug-likeness (QED) is 0.201. The largest absolute Gasteiger partial charge is 0.457 e. The molecule has 0 fully saturated rings. The minimum Gasteiger partial charge on any atom is -0.457 e. The van der Waals surface area contributed by atoms with Crippen molar-refractivity contribution in [3.8, 4) is 39.4 Å². The van der Waals surface area contributed by atoms with Crippen LogP contribution in [0.1, 0.15) is 22.3 Å². The van der Waals surface area contributed by atoms with Gasteiger partial charge in [0.1, 0.15) is 11.5 Å². The number of nitrogens with zero attached hydrogens (tertiary/aromatic N) is 1. The average Bonchev–Trinajstić information content (AvgIpc) is 3.60. The average molecular weight is 574 g/mol. The Balaban J connectivity index is 1.34. The molecule has 0 unspecified atom stereocenters. The van der Waals surface area contributed by atoms with Gasteiger partial charge in [-0.2, -0.15) is 0 Å². The smallest absolute Gasteiger partial charge is 0.132 e. The summed E-state index contributed by atoms with van der Waals surface area (Å²) < 4.78 is 9.04. The highest BCUT2D eigenvalue weighted by Gasteiger charge is 2.51. The maximum Gasteiger partial charge on any atom is 0.132 e. The predicted molar refractivity (Wildman–Crippen MR) is 184 cm³/mol. The second kappa shape index (κ2) is 9.07. The zero-order valence-electron chi connectivity index (χ0n) is 24.4. The van der Waals surface area contributed by atoms with E-state index in [1.807, 2.05) is 0 Å². The molecular weight excluding hydrogens is 546 g/mol. The molecule has 2 heteroatoms. The third-order valence-corrected chi connectivity index (χ3v) is 9.88. The first-order valence-electron chi connectivity index (χ1n) is 15.5. The highest BCUT2D eigenvalue weighted by Crippen LogP contribution is 2.63. The van der Waals surface area contributed by atoms with E-state index in [1.165, 1.54) is 66.3 Å². The van der Waals surface area contributed by atoms with Crippen molar-refractivity contribution in [3.05, 3.63) is 186 Å². The zero-order chi connectivity index (χ0) is 29.5. The van der Waals surface area contributed by atoms with Crippen molar-refractivity contribution in [2.75, 3.05) is 0 Å². The maximum atomic E-state index is 6.57. The second-order valence-electron chi connectivity index (χ2n) is 12.0. The molecule has 0 saturated carbocycles. The van der Waals surface area contributed by atoms with Crippen LogP contribution in [0.5, 0.6) is 11.5 Å². The number of hydrogen-bond acceptors (Lipinski definition) is 1. The zero-order valence-corrected chi connectivity index (χ0v) is 24.4. The van der Waals surface area contributed by atoms with Crippen LogP contribution in [0.15, 0.2) is 164 Å². The van der Waals surface area contributed by atoms with Gasteiger partial charge < -0.3 is 9.30 Å². The minimum absolute atomic E-state index is 0.496. The molecule has 0 bridgehead atoms. The number of hydrogen-bond donors (Lipinski definition) is 0. The number of aromatic nitrogens is 1. The van der Waals surface area contributed by atoms with Gasteiger partial charge in [0, 0.05) is 33.2 Å². The first-order valence-corrected chi connectivity index (χ1v) is 15.5. The summed E-state index contributed by atoms with van der Waals surface area (Å²) in [5, 5.41) is 2.52. The van der Waals surface area contributed by atoms with Crippen LogP contribution in [0.2, 0.25) is 0 Å². The molecule has 2 nitrogen and oxygen atoms in total. The van der Waals surface area contributed by atoms with Crippen molar-refractivity contribution < 1.29 is 4.74 Å². The molecule has 8 aromatic rings. The monoisotopic (exact) mass is 573 g/mol. The van der Waals surface area contributed by atoms with Crippen molar-refractivity contribution in [3.63, 3.8) is 0 Å². The topological polar surface area (TPSA) is 14.2 Å². The number of ether oxygens (including phenoxy) is 1. The Morgan fingerprint density at radius 3 is 1.78 bits per heavy atom. The summed E-state index contributed by atoms with van der Waals surface area (Å²) in [5.74, 6) is 1.83. The van der Waals surface area contributed by atoms with Crippen LogP contribution < -0.4 is 4.74 Å². The van der Waals surface area contributed by atoms with Gasteiger partial charge in [0.05, 0.1) is 16.4 Å². The second-order valence-corrected chi connectivity index (χ2v) is 12.0. The van der Waals surface area contributed by atoms with Crippen molar-refractivity contribution in [1.29, 1.82) is 0 Å². The van der Waals surface area contributed by atoms with E-state index in [4.69, 9.17) is 4.74 Å². The van der Waals surface area contributed by atoms with Gasteiger partial charge in [-0.05, 0) is 58.1 Å². The normalized spacial score (nSPS) is 13.7. The van der Waals surface area contributed by atoms with Crippen molar-refractivity contribution in [2.24, 2.45) is 0 Å². The van der Waals surface area contributed by atoms with E-state index in [0.717, 1.165) is 17.2 Å². The van der Waals surface area contributed by atoms with Gasteiger partial charge in [-0.15, -0.1) is 0 Å². The van der Waals surface area contributed by atoms with E-state index in [1.54, 1.807) is 0 Å². The molecule has 210 valence electrons. The SMILES string of the molecule is c1ccc(-c2ccc(-n3c4ccccc4c4ccc5c(c43)-c3ccccc3C53c4ccccc4Oc4ccccc43)cc2)cc1. The number of rotatable bonds is 2. The molecule has 45 heavy (non-hydrogen) atoms. The molecule has 1 aliphatic carbocycles. The lowest BCUT2D eigenvalue weighted by molar-refractivity contribution is 0.436. The standard InChI is InChI=1S/C43H27NO/c1-2-12-28(13-3-1)29-22-24-30(25-23-29)44-38-19-9-5-14-31(38)32-26-27-37-41(42(32)44)33-15-4-6-16-34(33)43(37)35-17-7-10-20-39(35)45-40-21-11-8-18-36(40)43/h1-27H. The van der Waals surface area contributed by atoms with Gasteiger partial charge in [-0.3, -0.25) is 0 Å². The molecule has 7 aromatic carbocycles. The van der Waals surface area contributed by atoms with Crippen molar-refractivity contribution >= 4 is 21.8 Å². The van der Waals surface area contributed by atoms with Gasteiger partial charge in [0.2, 0.25) is 0 Å². The Kier molecular flexibility index (Phi) is 4.95. The molecule has 0 N–H and O–H groups in total. The van der Waals surface area contributed by atoms with Crippen LogP contribution in [-0.4, -0.2) is 4.57 Å². The van der Waals surface area contributed by atoms with E-state index in [0.29, 0.717) is 0 Å². The van der Waals surface area contributed by atoms with E-state index in [-0.39, 0.29) is 0 Å².